The first-order valence-corrected chi connectivity index (χ1v) is 14.0. The second-order valence-electron chi connectivity index (χ2n) is 9.51. The maximum atomic E-state index is 12.7. The molecule has 2 N–H and O–H groups in total. The molecule has 0 radical (unpaired) electrons. The summed E-state index contributed by atoms with van der Waals surface area (Å²) in [6, 6.07) is -0.0188. The molecule has 39 heavy (non-hydrogen) atoms. The van der Waals surface area contributed by atoms with Crippen molar-refractivity contribution in [3.63, 3.8) is 0 Å². The predicted molar refractivity (Wildman–Crippen MR) is 165 cm³/mol. The Balaban J connectivity index is 0.00000760. The van der Waals surface area contributed by atoms with E-state index < -0.39 is 5.91 Å². The minimum atomic E-state index is -0.436. The van der Waals surface area contributed by atoms with Gasteiger partial charge in [0.25, 0.3) is 0 Å². The predicted octanol–water partition coefficient (Wildman–Crippen LogP) is 5.99. The molecule has 0 aliphatic carbocycles. The van der Waals surface area contributed by atoms with Crippen molar-refractivity contribution in [2.24, 2.45) is 0 Å². The van der Waals surface area contributed by atoms with E-state index in [1.54, 1.807) is 6.92 Å². The Hall–Kier alpha value is -3.13. The monoisotopic (exact) mass is 555 g/mol. The van der Waals surface area contributed by atoms with Crippen molar-refractivity contribution in [3.8, 4) is 0 Å². The molecule has 7 nitrogen and oxygen atoms in total. The number of carbonyl (C=O) groups is 2. The number of carbonyl (C=O) groups excluding carboxylic acids is 2. The number of allylic oxidation sites excluding steroid dienone is 10. The van der Waals surface area contributed by atoms with Gasteiger partial charge in [-0.05, 0) is 64.7 Å². The fraction of sp³-hybridized carbons (Fsp3) is 0.484. The van der Waals surface area contributed by atoms with Gasteiger partial charge < -0.3 is 15.2 Å². The first-order chi connectivity index (χ1) is 18.5. The van der Waals surface area contributed by atoms with Crippen LogP contribution in [0.2, 0.25) is 0 Å². The van der Waals surface area contributed by atoms with E-state index in [0.29, 0.717) is 23.1 Å². The Morgan fingerprint density at radius 1 is 1.00 bits per heavy atom. The van der Waals surface area contributed by atoms with Crippen LogP contribution in [-0.2, 0) is 4.79 Å². The van der Waals surface area contributed by atoms with E-state index in [1.165, 1.54) is 12.4 Å². The molecule has 1 saturated heterocycles. The van der Waals surface area contributed by atoms with E-state index in [0.717, 1.165) is 64.3 Å². The van der Waals surface area contributed by atoms with E-state index in [4.69, 9.17) is 0 Å². The molecule has 0 saturated carbocycles. The molecule has 0 bridgehead atoms. The number of nitrogens with one attached hydrogen (secondary N) is 2. The van der Waals surface area contributed by atoms with Gasteiger partial charge in [0.2, 0.25) is 12.1 Å². The van der Waals surface area contributed by atoms with E-state index in [2.05, 4.69) is 78.0 Å². The molecule has 1 fully saturated rings. The van der Waals surface area contributed by atoms with E-state index in [1.807, 2.05) is 4.90 Å². The smallest absolute Gasteiger partial charge is 0.342 e. The Morgan fingerprint density at radius 3 is 2.18 bits per heavy atom. The molecule has 2 rings (SSSR count). The number of unbranched alkanes of at least 4 members (excludes halogenated alkanes) is 1. The fourth-order valence-corrected chi connectivity index (χ4v) is 4.25. The number of H-pyrrole nitrogens is 1. The number of rotatable bonds is 16. The summed E-state index contributed by atoms with van der Waals surface area (Å²) in [5.41, 5.74) is 0.692. The topological polar surface area (TPSA) is 88.2 Å². The van der Waals surface area contributed by atoms with Crippen LogP contribution in [0.15, 0.2) is 73.2 Å². The van der Waals surface area contributed by atoms with Crippen molar-refractivity contribution in [2.45, 2.75) is 84.1 Å². The molecule has 0 spiro atoms. The van der Waals surface area contributed by atoms with Gasteiger partial charge >= 0.3 is 11.6 Å². The van der Waals surface area contributed by atoms with Crippen LogP contribution in [0.4, 0.5) is 0 Å². The number of aromatic nitrogens is 2. The summed E-state index contributed by atoms with van der Waals surface area (Å²) in [6.45, 7) is 4.97. The van der Waals surface area contributed by atoms with Gasteiger partial charge in [-0.1, -0.05) is 67.7 Å². The highest BCUT2D eigenvalue weighted by Gasteiger charge is 2.29. The summed E-state index contributed by atoms with van der Waals surface area (Å²) in [6.07, 6.45) is 33.5. The average Bonchev–Trinajstić information content (AvgIpc) is 3.38. The number of hydrogen-bond donors (Lipinski definition) is 2. The number of amides is 2. The molecule has 1 aliphatic rings. The number of aryl methyl sites for hydroxylation is 1. The third-order valence-corrected chi connectivity index (χ3v) is 6.33. The minimum Gasteiger partial charge on any atom is -0.354 e. The van der Waals surface area contributed by atoms with Gasteiger partial charge in [0, 0.05) is 30.5 Å². The fourth-order valence-electron chi connectivity index (χ4n) is 4.25. The zero-order valence-electron chi connectivity index (χ0n) is 23.6. The number of likely N-dealkylation sites (tertiary alicyclic amines) is 1. The Kier molecular flexibility index (Phi) is 18.1. The third kappa shape index (κ3) is 14.0. The molecule has 2 amide bonds. The Labute approximate surface area is 240 Å². The van der Waals surface area contributed by atoms with Crippen molar-refractivity contribution in [2.75, 3.05) is 13.1 Å². The lowest BCUT2D eigenvalue weighted by Crippen LogP contribution is -2.44. The summed E-state index contributed by atoms with van der Waals surface area (Å²) >= 11 is 0. The zero-order chi connectivity index (χ0) is 27.4. The summed E-state index contributed by atoms with van der Waals surface area (Å²) in [5, 5.41) is 2.81. The molecule has 8 heteroatoms. The van der Waals surface area contributed by atoms with Crippen molar-refractivity contribution in [1.29, 1.82) is 0 Å². The lowest BCUT2D eigenvalue weighted by Gasteiger charge is -2.24. The van der Waals surface area contributed by atoms with Gasteiger partial charge in [0.05, 0.1) is 16.3 Å². The standard InChI is InChI=1S/C31H44N4O3.H2S/c1-3-4-5-6-7-8-9-10-11-12-13-14-15-16-17-18-19-22-30(36)34-23-20-21-28(34)24-33-31(37)29-25-32-27(2)26-35(29)38;/h4-5,7-8,10-11,13-14,16-17,25-26,28H,3,6,9,12,15,18-24H2,1-2H3,(H-,32,33,37,38);1H2/p+1/b5-4-,8-7-,11-10-,14-13-,17-16-;/t28-;/m0./s1. The maximum Gasteiger partial charge on any atom is 0.342 e. The van der Waals surface area contributed by atoms with Crippen LogP contribution in [0.3, 0.4) is 0 Å². The van der Waals surface area contributed by atoms with Crippen LogP contribution in [0.1, 0.15) is 87.3 Å². The minimum absolute atomic E-state index is 0. The Bertz CT molecular complexity index is 1070. The first-order valence-electron chi connectivity index (χ1n) is 14.0. The van der Waals surface area contributed by atoms with E-state index in [9.17, 15) is 14.5 Å². The van der Waals surface area contributed by atoms with Gasteiger partial charge in [-0.15, -0.1) is 0 Å². The maximum absolute atomic E-state index is 12.7. The van der Waals surface area contributed by atoms with Gasteiger partial charge in [0.15, 0.2) is 0 Å². The molecule has 214 valence electrons. The van der Waals surface area contributed by atoms with E-state index >= 15 is 0 Å². The lowest BCUT2D eigenvalue weighted by molar-refractivity contribution is -0.498. The average molecular weight is 556 g/mol. The van der Waals surface area contributed by atoms with Crippen LogP contribution in [0.25, 0.3) is 0 Å². The second kappa shape index (κ2) is 20.8. The molecular weight excluding hydrogens is 508 g/mol. The normalized spacial score (nSPS) is 15.8. The van der Waals surface area contributed by atoms with Crippen molar-refractivity contribution >= 4 is 25.3 Å². The quantitative estimate of drug-likeness (QED) is 0.149. The van der Waals surface area contributed by atoms with E-state index in [-0.39, 0.29) is 31.1 Å². The summed E-state index contributed by atoms with van der Waals surface area (Å²) in [4.78, 5) is 41.8. The summed E-state index contributed by atoms with van der Waals surface area (Å²) in [5.74, 6) is -0.300. The van der Waals surface area contributed by atoms with Gasteiger partial charge in [0.1, 0.15) is 0 Å². The Morgan fingerprint density at radius 2 is 1.59 bits per heavy atom. The number of nitrogens with zero attached hydrogens (tertiary/aromatic N) is 2. The SMILES string of the molecule is CC/C=C\C/C=C\C/C=C\C/C=C\C/C=C\CCCC(=O)N1CCC[C@H]1CNC(=O)c1c[nH]c(C)c[n+]1=O.S. The molecule has 1 aromatic rings. The van der Waals surface area contributed by atoms with Crippen LogP contribution in [-0.4, -0.2) is 40.8 Å². The molecule has 0 aromatic carbocycles. The van der Waals surface area contributed by atoms with Gasteiger partial charge in [-0.3, -0.25) is 9.59 Å². The number of hydrogen-bond acceptors (Lipinski definition) is 3. The lowest BCUT2D eigenvalue weighted by atomic mass is 10.1. The molecule has 1 aromatic heterocycles. The molecule has 1 atom stereocenters. The molecule has 1 aliphatic heterocycles. The van der Waals surface area contributed by atoms with Crippen molar-refractivity contribution in [1.82, 2.24) is 15.2 Å². The molecule has 2 heterocycles. The van der Waals surface area contributed by atoms with Crippen LogP contribution < -0.4 is 9.74 Å². The van der Waals surface area contributed by atoms with Crippen LogP contribution in [0.5, 0.6) is 0 Å². The first kappa shape index (κ1) is 33.9. The van der Waals surface area contributed by atoms with Crippen molar-refractivity contribution < 1.29 is 14.0 Å². The third-order valence-electron chi connectivity index (χ3n) is 6.33. The van der Waals surface area contributed by atoms with Crippen LogP contribution >= 0.6 is 13.5 Å². The van der Waals surface area contributed by atoms with Gasteiger partial charge in [-0.25, -0.2) is 0 Å². The van der Waals surface area contributed by atoms with Crippen LogP contribution in [0, 0.1) is 11.8 Å². The number of aromatic amines is 1. The summed E-state index contributed by atoms with van der Waals surface area (Å²) < 4.78 is 0.563. The molecule has 0 unspecified atom stereocenters. The van der Waals surface area contributed by atoms with Gasteiger partial charge in [-0.2, -0.15) is 13.5 Å². The highest BCUT2D eigenvalue weighted by atomic mass is 32.1. The second-order valence-corrected chi connectivity index (χ2v) is 9.51. The highest BCUT2D eigenvalue weighted by Crippen LogP contribution is 2.18. The summed E-state index contributed by atoms with van der Waals surface area (Å²) in [7, 11) is 0. The van der Waals surface area contributed by atoms with Crippen molar-refractivity contribution in [3.05, 3.63) is 89.4 Å². The largest absolute Gasteiger partial charge is 0.354 e. The zero-order valence-corrected chi connectivity index (χ0v) is 24.6. The molecular formula is C31H47N4O3S+. The highest BCUT2D eigenvalue weighted by molar-refractivity contribution is 7.59.